The number of H-pyrrole nitrogens is 1. The fraction of sp³-hybridized carbons (Fsp3) is 0.167. The molecule has 2 aromatic rings. The van der Waals surface area contributed by atoms with Crippen LogP contribution in [0.4, 0.5) is 4.39 Å². The summed E-state index contributed by atoms with van der Waals surface area (Å²) in [5.41, 5.74) is 2.02. The van der Waals surface area contributed by atoms with E-state index in [1.165, 1.54) is 12.1 Å². The molecule has 0 bridgehead atoms. The van der Waals surface area contributed by atoms with E-state index < -0.39 is 0 Å². The first-order valence-corrected chi connectivity index (χ1v) is 5.20. The standard InChI is InChI=1S/C12H12FN3O/c1-8-6-11(16-15-8)12(17)14-7-9-2-4-10(13)5-3-9/h2-6H,7H2,1H3,(H,14,17)(H,15,16). The van der Waals surface area contributed by atoms with Gasteiger partial charge in [0.05, 0.1) is 0 Å². The van der Waals surface area contributed by atoms with Gasteiger partial charge in [-0.05, 0) is 30.7 Å². The van der Waals surface area contributed by atoms with Crippen molar-refractivity contribution in [3.05, 3.63) is 53.1 Å². The van der Waals surface area contributed by atoms with Crippen molar-refractivity contribution < 1.29 is 9.18 Å². The Balaban J connectivity index is 1.94. The third-order valence-corrected chi connectivity index (χ3v) is 2.30. The molecule has 88 valence electrons. The third kappa shape index (κ3) is 2.90. The van der Waals surface area contributed by atoms with Crippen molar-refractivity contribution in [2.45, 2.75) is 13.5 Å². The summed E-state index contributed by atoms with van der Waals surface area (Å²) in [7, 11) is 0. The number of aromatic amines is 1. The number of aryl methyl sites for hydroxylation is 1. The summed E-state index contributed by atoms with van der Waals surface area (Å²) in [5.74, 6) is -0.540. The van der Waals surface area contributed by atoms with Crippen molar-refractivity contribution in [2.24, 2.45) is 0 Å². The molecule has 0 unspecified atom stereocenters. The van der Waals surface area contributed by atoms with Crippen LogP contribution >= 0.6 is 0 Å². The minimum absolute atomic E-state index is 0.251. The summed E-state index contributed by atoms with van der Waals surface area (Å²) in [6, 6.07) is 7.65. The number of hydrogen-bond acceptors (Lipinski definition) is 2. The summed E-state index contributed by atoms with van der Waals surface area (Å²) in [6.07, 6.45) is 0. The van der Waals surface area contributed by atoms with E-state index in [1.54, 1.807) is 18.2 Å². The number of carbonyl (C=O) groups excluding carboxylic acids is 1. The summed E-state index contributed by atoms with van der Waals surface area (Å²) in [6.45, 7) is 2.18. The van der Waals surface area contributed by atoms with Gasteiger partial charge in [0.1, 0.15) is 11.5 Å². The Hall–Kier alpha value is -2.17. The smallest absolute Gasteiger partial charge is 0.272 e. The molecule has 0 saturated heterocycles. The molecule has 4 nitrogen and oxygen atoms in total. The molecule has 0 spiro atoms. The molecule has 5 heteroatoms. The summed E-state index contributed by atoms with van der Waals surface area (Å²) >= 11 is 0. The predicted molar refractivity (Wildman–Crippen MR) is 60.9 cm³/mol. The maximum atomic E-state index is 12.7. The Labute approximate surface area is 97.9 Å². The quantitative estimate of drug-likeness (QED) is 0.849. The number of hydrogen-bond donors (Lipinski definition) is 2. The molecule has 0 aliphatic carbocycles. The van der Waals surface area contributed by atoms with Gasteiger partial charge in [-0.1, -0.05) is 12.1 Å². The first-order chi connectivity index (χ1) is 8.15. The van der Waals surface area contributed by atoms with Crippen LogP contribution in [0.3, 0.4) is 0 Å². The number of nitrogens with zero attached hydrogens (tertiary/aromatic N) is 1. The predicted octanol–water partition coefficient (Wildman–Crippen LogP) is 1.79. The van der Waals surface area contributed by atoms with Crippen LogP contribution in [0, 0.1) is 12.7 Å². The lowest BCUT2D eigenvalue weighted by Crippen LogP contribution is -2.23. The number of rotatable bonds is 3. The lowest BCUT2D eigenvalue weighted by Gasteiger charge is -2.02. The van der Waals surface area contributed by atoms with Gasteiger partial charge in [-0.15, -0.1) is 0 Å². The average Bonchev–Trinajstić information content (AvgIpc) is 2.75. The number of benzene rings is 1. The summed E-state index contributed by atoms with van der Waals surface area (Å²) in [4.78, 5) is 11.6. The van der Waals surface area contributed by atoms with Gasteiger partial charge in [-0.25, -0.2) is 4.39 Å². The van der Waals surface area contributed by atoms with Crippen LogP contribution in [0.2, 0.25) is 0 Å². The van der Waals surface area contributed by atoms with Crippen molar-refractivity contribution in [3.63, 3.8) is 0 Å². The van der Waals surface area contributed by atoms with Crippen LogP contribution in [0.15, 0.2) is 30.3 Å². The van der Waals surface area contributed by atoms with Crippen LogP contribution in [0.25, 0.3) is 0 Å². The Morgan fingerprint density at radius 2 is 2.12 bits per heavy atom. The number of halogens is 1. The van der Waals surface area contributed by atoms with E-state index in [0.717, 1.165) is 11.3 Å². The number of carbonyl (C=O) groups is 1. The molecule has 0 radical (unpaired) electrons. The van der Waals surface area contributed by atoms with E-state index in [4.69, 9.17) is 0 Å². The second-order valence-electron chi connectivity index (χ2n) is 3.75. The number of nitrogens with one attached hydrogen (secondary N) is 2. The zero-order valence-electron chi connectivity index (χ0n) is 9.33. The first-order valence-electron chi connectivity index (χ1n) is 5.20. The van der Waals surface area contributed by atoms with Crippen molar-refractivity contribution in [3.8, 4) is 0 Å². The molecule has 0 aliphatic rings. The Morgan fingerprint density at radius 1 is 1.41 bits per heavy atom. The first kappa shape index (κ1) is 11.3. The van der Waals surface area contributed by atoms with E-state index in [-0.39, 0.29) is 11.7 Å². The minimum Gasteiger partial charge on any atom is -0.347 e. The van der Waals surface area contributed by atoms with Gasteiger partial charge in [0.15, 0.2) is 0 Å². The molecule has 0 aliphatic heterocycles. The molecular weight excluding hydrogens is 221 g/mol. The lowest BCUT2D eigenvalue weighted by molar-refractivity contribution is 0.0946. The Morgan fingerprint density at radius 3 is 2.71 bits per heavy atom. The van der Waals surface area contributed by atoms with E-state index in [9.17, 15) is 9.18 Å². The van der Waals surface area contributed by atoms with Gasteiger partial charge in [-0.2, -0.15) is 5.10 Å². The minimum atomic E-state index is -0.289. The van der Waals surface area contributed by atoms with Crippen LogP contribution < -0.4 is 5.32 Å². The highest BCUT2D eigenvalue weighted by Gasteiger charge is 2.08. The molecule has 1 aromatic carbocycles. The fourth-order valence-corrected chi connectivity index (χ4v) is 1.41. The number of aromatic nitrogens is 2. The highest BCUT2D eigenvalue weighted by Crippen LogP contribution is 2.03. The lowest BCUT2D eigenvalue weighted by atomic mass is 10.2. The molecule has 17 heavy (non-hydrogen) atoms. The second kappa shape index (κ2) is 4.78. The zero-order chi connectivity index (χ0) is 12.3. The van der Waals surface area contributed by atoms with Gasteiger partial charge in [0.2, 0.25) is 0 Å². The molecule has 2 rings (SSSR count). The van der Waals surface area contributed by atoms with Crippen LogP contribution in [0.5, 0.6) is 0 Å². The molecule has 0 atom stereocenters. The van der Waals surface area contributed by atoms with E-state index in [1.807, 2.05) is 6.92 Å². The molecule has 1 heterocycles. The van der Waals surface area contributed by atoms with Gasteiger partial charge in [0.25, 0.3) is 5.91 Å². The second-order valence-corrected chi connectivity index (χ2v) is 3.75. The average molecular weight is 233 g/mol. The molecule has 1 amide bonds. The van der Waals surface area contributed by atoms with Crippen molar-refractivity contribution in [1.29, 1.82) is 0 Å². The molecule has 0 fully saturated rings. The molecule has 2 N–H and O–H groups in total. The Bertz CT molecular complexity index is 519. The van der Waals surface area contributed by atoms with Crippen LogP contribution in [-0.2, 0) is 6.54 Å². The van der Waals surface area contributed by atoms with Gasteiger partial charge < -0.3 is 5.32 Å². The molecule has 1 aromatic heterocycles. The highest BCUT2D eigenvalue weighted by molar-refractivity contribution is 5.92. The largest absolute Gasteiger partial charge is 0.347 e. The summed E-state index contributed by atoms with van der Waals surface area (Å²) in [5, 5.41) is 9.24. The monoisotopic (exact) mass is 233 g/mol. The van der Waals surface area contributed by atoms with Gasteiger partial charge >= 0.3 is 0 Å². The maximum absolute atomic E-state index is 12.7. The third-order valence-electron chi connectivity index (χ3n) is 2.30. The van der Waals surface area contributed by atoms with E-state index in [0.29, 0.717) is 12.2 Å². The SMILES string of the molecule is Cc1cc(C(=O)NCc2ccc(F)cc2)n[nH]1. The van der Waals surface area contributed by atoms with Crippen molar-refractivity contribution in [2.75, 3.05) is 0 Å². The topological polar surface area (TPSA) is 57.8 Å². The van der Waals surface area contributed by atoms with E-state index in [2.05, 4.69) is 15.5 Å². The highest BCUT2D eigenvalue weighted by atomic mass is 19.1. The summed E-state index contributed by atoms with van der Waals surface area (Å²) < 4.78 is 12.7. The normalized spacial score (nSPS) is 10.2. The van der Waals surface area contributed by atoms with Gasteiger partial charge in [-0.3, -0.25) is 9.89 Å². The van der Waals surface area contributed by atoms with Crippen LogP contribution in [-0.4, -0.2) is 16.1 Å². The van der Waals surface area contributed by atoms with Gasteiger partial charge in [0, 0.05) is 12.2 Å². The fourth-order valence-electron chi connectivity index (χ4n) is 1.41. The Kier molecular flexibility index (Phi) is 3.18. The van der Waals surface area contributed by atoms with E-state index >= 15 is 0 Å². The van der Waals surface area contributed by atoms with Crippen molar-refractivity contribution >= 4 is 5.91 Å². The van der Waals surface area contributed by atoms with Crippen LogP contribution in [0.1, 0.15) is 21.7 Å². The molecule has 0 saturated carbocycles. The zero-order valence-corrected chi connectivity index (χ0v) is 9.33. The number of amides is 1. The maximum Gasteiger partial charge on any atom is 0.272 e. The van der Waals surface area contributed by atoms with Crippen molar-refractivity contribution in [1.82, 2.24) is 15.5 Å². The molecular formula is C12H12FN3O.